The number of benzene rings is 2. The number of carboxylic acids is 1. The summed E-state index contributed by atoms with van der Waals surface area (Å²) in [5.74, 6) is -2.03. The Morgan fingerprint density at radius 1 is 1.14 bits per heavy atom. The van der Waals surface area contributed by atoms with Crippen molar-refractivity contribution in [1.82, 2.24) is 25.0 Å². The number of amides is 2. The molecule has 2 amide bonds. The maximum Gasteiger partial charge on any atom is 0.335 e. The Morgan fingerprint density at radius 2 is 1.97 bits per heavy atom. The number of carbonyl (C=O) groups excluding carboxylic acids is 2. The van der Waals surface area contributed by atoms with Gasteiger partial charge < -0.3 is 15.7 Å². The van der Waals surface area contributed by atoms with Crippen molar-refractivity contribution in [3.63, 3.8) is 0 Å². The smallest absolute Gasteiger partial charge is 0.335 e. The Hall–Kier alpha value is -4.60. The lowest BCUT2D eigenvalue weighted by molar-refractivity contribution is 0.0696. The summed E-state index contributed by atoms with van der Waals surface area (Å²) in [5, 5.41) is 14.9. The minimum atomic E-state index is -0.997. The van der Waals surface area contributed by atoms with E-state index in [1.54, 1.807) is 37.4 Å². The molecule has 2 aromatic heterocycles. The number of fused-ring (bicyclic) bond motifs is 2. The molecule has 36 heavy (non-hydrogen) atoms. The largest absolute Gasteiger partial charge is 0.478 e. The molecule has 1 aliphatic rings. The van der Waals surface area contributed by atoms with Crippen LogP contribution >= 0.6 is 0 Å². The summed E-state index contributed by atoms with van der Waals surface area (Å²) in [7, 11) is 0. The molecule has 0 spiro atoms. The molecule has 2 aromatic carbocycles. The number of nitrogens with one attached hydrogen (secondary N) is 2. The van der Waals surface area contributed by atoms with Gasteiger partial charge in [0.2, 0.25) is 5.78 Å². The first-order valence-electron chi connectivity index (χ1n) is 11.3. The average Bonchev–Trinajstić information content (AvgIpc) is 3.50. The third-order valence-electron chi connectivity index (χ3n) is 6.29. The van der Waals surface area contributed by atoms with Gasteiger partial charge in [-0.3, -0.25) is 14.0 Å². The second-order valence-electron chi connectivity index (χ2n) is 8.67. The van der Waals surface area contributed by atoms with Gasteiger partial charge in [-0.1, -0.05) is 18.2 Å². The van der Waals surface area contributed by atoms with Crippen molar-refractivity contribution in [2.45, 2.75) is 32.4 Å². The molecule has 2 heterocycles. The summed E-state index contributed by atoms with van der Waals surface area (Å²) in [4.78, 5) is 45.8. The van der Waals surface area contributed by atoms with Crippen molar-refractivity contribution in [3.8, 4) is 0 Å². The molecule has 1 atom stereocenters. The summed E-state index contributed by atoms with van der Waals surface area (Å²) in [5.41, 5.74) is 3.39. The molecule has 9 nitrogen and oxygen atoms in total. The molecule has 0 aliphatic heterocycles. The predicted molar refractivity (Wildman–Crippen MR) is 127 cm³/mol. The van der Waals surface area contributed by atoms with E-state index in [9.17, 15) is 23.9 Å². The molecular weight excluding hydrogens is 465 g/mol. The molecule has 182 valence electrons. The highest BCUT2D eigenvalue weighted by Crippen LogP contribution is 2.32. The molecule has 0 saturated heterocycles. The van der Waals surface area contributed by atoms with Crippen LogP contribution < -0.4 is 10.6 Å². The Kier molecular flexibility index (Phi) is 5.93. The Morgan fingerprint density at radius 3 is 2.75 bits per heavy atom. The van der Waals surface area contributed by atoms with Gasteiger partial charge in [0.1, 0.15) is 17.2 Å². The molecule has 0 radical (unpaired) electrons. The van der Waals surface area contributed by atoms with Crippen LogP contribution in [0.2, 0.25) is 0 Å². The predicted octanol–water partition coefficient (Wildman–Crippen LogP) is 3.22. The zero-order chi connectivity index (χ0) is 25.4. The molecule has 5 rings (SSSR count). The van der Waals surface area contributed by atoms with E-state index in [1.165, 1.54) is 28.8 Å². The molecule has 10 heteroatoms. The molecule has 0 saturated carbocycles. The molecule has 0 unspecified atom stereocenters. The van der Waals surface area contributed by atoms with Crippen molar-refractivity contribution in [2.75, 3.05) is 0 Å². The fraction of sp³-hybridized carbons (Fsp3) is 0.192. The van der Waals surface area contributed by atoms with E-state index in [2.05, 4.69) is 20.6 Å². The molecule has 3 N–H and O–H groups in total. The number of aromatic nitrogens is 3. The van der Waals surface area contributed by atoms with E-state index < -0.39 is 17.8 Å². The number of carboxylic acid groups (broad SMARTS) is 1. The van der Waals surface area contributed by atoms with Crippen LogP contribution in [0.15, 0.2) is 54.9 Å². The normalized spacial score (nSPS) is 14.4. The standard InChI is InChI=1S/C26H22FN5O4/c1-14-10-15(2-6-19(14)27)13-29-24(34)22-12-21(31-26-28-8-9-32(22)26)23(33)30-20-7-4-16-11-17(25(35)36)3-5-18(16)20/h2-3,5-6,8-12,20H,4,7,13H2,1H3,(H,29,34)(H,30,33)(H,35,36)/t20-/m0/s1. The second-order valence-corrected chi connectivity index (χ2v) is 8.67. The molecule has 0 fully saturated rings. The number of aryl methyl sites for hydroxylation is 2. The number of aromatic carboxylic acids is 1. The van der Waals surface area contributed by atoms with Gasteiger partial charge in [0.25, 0.3) is 11.8 Å². The molecule has 1 aliphatic carbocycles. The van der Waals surface area contributed by atoms with Crippen LogP contribution in [0.4, 0.5) is 4.39 Å². The molecule has 0 bridgehead atoms. The number of carbonyl (C=O) groups is 3. The number of hydrogen-bond donors (Lipinski definition) is 3. The zero-order valence-electron chi connectivity index (χ0n) is 19.3. The quantitative estimate of drug-likeness (QED) is 0.384. The van der Waals surface area contributed by atoms with E-state index in [4.69, 9.17) is 0 Å². The van der Waals surface area contributed by atoms with Crippen molar-refractivity contribution < 1.29 is 23.9 Å². The van der Waals surface area contributed by atoms with Crippen LogP contribution in [0.5, 0.6) is 0 Å². The van der Waals surface area contributed by atoms with Crippen molar-refractivity contribution in [3.05, 3.63) is 99.9 Å². The first kappa shape index (κ1) is 23.2. The highest BCUT2D eigenvalue weighted by molar-refractivity contribution is 5.98. The van der Waals surface area contributed by atoms with Crippen LogP contribution in [0, 0.1) is 12.7 Å². The maximum atomic E-state index is 13.5. The first-order chi connectivity index (χ1) is 17.3. The fourth-order valence-electron chi connectivity index (χ4n) is 4.42. The van der Waals surface area contributed by atoms with Crippen molar-refractivity contribution in [2.24, 2.45) is 0 Å². The number of rotatable bonds is 6. The second kappa shape index (κ2) is 9.21. The summed E-state index contributed by atoms with van der Waals surface area (Å²) < 4.78 is 15.0. The van der Waals surface area contributed by atoms with Crippen LogP contribution in [0.1, 0.15) is 66.1 Å². The van der Waals surface area contributed by atoms with E-state index in [0.29, 0.717) is 18.4 Å². The van der Waals surface area contributed by atoms with Crippen LogP contribution in [-0.4, -0.2) is 37.3 Å². The fourth-order valence-corrected chi connectivity index (χ4v) is 4.42. The lowest BCUT2D eigenvalue weighted by Crippen LogP contribution is -2.30. The summed E-state index contributed by atoms with van der Waals surface area (Å²) in [6.45, 7) is 1.83. The van der Waals surface area contributed by atoms with Crippen LogP contribution in [0.3, 0.4) is 0 Å². The maximum absolute atomic E-state index is 13.5. The monoisotopic (exact) mass is 487 g/mol. The summed E-state index contributed by atoms with van der Waals surface area (Å²) >= 11 is 0. The molecule has 4 aromatic rings. The number of hydrogen-bond acceptors (Lipinski definition) is 5. The Bertz CT molecular complexity index is 1530. The molecular formula is C26H22FN5O4. The highest BCUT2D eigenvalue weighted by Gasteiger charge is 2.26. The average molecular weight is 487 g/mol. The van der Waals surface area contributed by atoms with Gasteiger partial charge in [-0.2, -0.15) is 0 Å². The van der Waals surface area contributed by atoms with E-state index in [0.717, 1.165) is 16.7 Å². The van der Waals surface area contributed by atoms with Gasteiger partial charge in [0.05, 0.1) is 11.6 Å². The zero-order valence-corrected chi connectivity index (χ0v) is 19.3. The lowest BCUT2D eigenvalue weighted by Gasteiger charge is -2.15. The van der Waals surface area contributed by atoms with Gasteiger partial charge >= 0.3 is 5.97 Å². The Balaban J connectivity index is 1.36. The highest BCUT2D eigenvalue weighted by atomic mass is 19.1. The van der Waals surface area contributed by atoms with Gasteiger partial charge in [0, 0.05) is 18.9 Å². The third-order valence-corrected chi connectivity index (χ3v) is 6.29. The van der Waals surface area contributed by atoms with E-state index >= 15 is 0 Å². The van der Waals surface area contributed by atoms with Crippen molar-refractivity contribution >= 4 is 23.6 Å². The van der Waals surface area contributed by atoms with Gasteiger partial charge in [-0.15, -0.1) is 0 Å². The van der Waals surface area contributed by atoms with Gasteiger partial charge in [0.15, 0.2) is 0 Å². The lowest BCUT2D eigenvalue weighted by atomic mass is 10.0. The van der Waals surface area contributed by atoms with Gasteiger partial charge in [-0.05, 0) is 66.3 Å². The van der Waals surface area contributed by atoms with E-state index in [-0.39, 0.29) is 41.1 Å². The number of imidazole rings is 1. The summed E-state index contributed by atoms with van der Waals surface area (Å²) in [6.07, 6.45) is 4.33. The first-order valence-corrected chi connectivity index (χ1v) is 11.3. The van der Waals surface area contributed by atoms with Crippen LogP contribution in [-0.2, 0) is 13.0 Å². The van der Waals surface area contributed by atoms with Crippen LogP contribution in [0.25, 0.3) is 5.78 Å². The third kappa shape index (κ3) is 4.40. The topological polar surface area (TPSA) is 126 Å². The minimum absolute atomic E-state index is 0.0343. The Labute approximate surface area is 205 Å². The number of nitrogens with zero attached hydrogens (tertiary/aromatic N) is 3. The van der Waals surface area contributed by atoms with Gasteiger partial charge in [-0.25, -0.2) is 19.2 Å². The van der Waals surface area contributed by atoms with Crippen molar-refractivity contribution in [1.29, 1.82) is 0 Å². The minimum Gasteiger partial charge on any atom is -0.478 e. The SMILES string of the molecule is Cc1cc(CNC(=O)c2cc(C(=O)N[C@H]3CCc4cc(C(=O)O)ccc43)nc3nccn23)ccc1F. The number of halogens is 1. The van der Waals surface area contributed by atoms with E-state index in [1.807, 2.05) is 0 Å². The summed E-state index contributed by atoms with van der Waals surface area (Å²) in [6, 6.07) is 10.6.